The van der Waals surface area contributed by atoms with Gasteiger partial charge in [-0.1, -0.05) is 0 Å². The topological polar surface area (TPSA) is 64.1 Å². The van der Waals surface area contributed by atoms with Crippen LogP contribution in [-0.4, -0.2) is 77.6 Å². The lowest BCUT2D eigenvalue weighted by Crippen LogP contribution is -2.51. The number of carbonyl (C=O) groups excluding carboxylic acids is 1. The number of hydrogen-bond acceptors (Lipinski definition) is 3. The molecule has 0 aromatic carbocycles. The van der Waals surface area contributed by atoms with Gasteiger partial charge in [0.15, 0.2) is 0 Å². The zero-order valence-corrected chi connectivity index (χ0v) is 13.0. The van der Waals surface area contributed by atoms with E-state index in [2.05, 4.69) is 4.90 Å². The van der Waals surface area contributed by atoms with E-state index in [1.165, 1.54) is 0 Å². The maximum atomic E-state index is 12.6. The van der Waals surface area contributed by atoms with Crippen molar-refractivity contribution >= 4 is 12.0 Å². The first-order valence-corrected chi connectivity index (χ1v) is 7.30. The Morgan fingerprint density at radius 1 is 1.40 bits per heavy atom. The third kappa shape index (κ3) is 4.37. The molecule has 2 amide bonds. The molecule has 0 radical (unpaired) electrons. The van der Waals surface area contributed by atoms with Gasteiger partial charge in [-0.15, -0.1) is 0 Å². The van der Waals surface area contributed by atoms with Crippen molar-refractivity contribution in [2.45, 2.75) is 45.2 Å². The Labute approximate surface area is 121 Å². The van der Waals surface area contributed by atoms with Gasteiger partial charge >= 0.3 is 12.0 Å². The van der Waals surface area contributed by atoms with E-state index in [1.54, 1.807) is 11.8 Å². The van der Waals surface area contributed by atoms with Crippen molar-refractivity contribution < 1.29 is 14.7 Å². The van der Waals surface area contributed by atoms with Crippen molar-refractivity contribution in [3.63, 3.8) is 0 Å². The van der Waals surface area contributed by atoms with Crippen LogP contribution < -0.4 is 0 Å². The molecule has 0 bridgehead atoms. The van der Waals surface area contributed by atoms with Gasteiger partial charge in [0.1, 0.15) is 0 Å². The molecule has 0 spiro atoms. The Balaban J connectivity index is 2.71. The SMILES string of the molecule is CCN(C(=O)N1CCCC1CN(C)C)C(C)CC(=O)O. The van der Waals surface area contributed by atoms with E-state index in [0.29, 0.717) is 6.54 Å². The minimum absolute atomic E-state index is 0.00817. The predicted molar refractivity (Wildman–Crippen MR) is 77.8 cm³/mol. The number of carboxylic acids is 1. The molecule has 0 saturated carbocycles. The number of carbonyl (C=O) groups is 2. The molecule has 1 fully saturated rings. The smallest absolute Gasteiger partial charge is 0.320 e. The number of urea groups is 1. The molecule has 0 aromatic rings. The second kappa shape index (κ2) is 7.47. The van der Waals surface area contributed by atoms with E-state index in [9.17, 15) is 9.59 Å². The molecule has 20 heavy (non-hydrogen) atoms. The van der Waals surface area contributed by atoms with Crippen LogP contribution in [0.3, 0.4) is 0 Å². The van der Waals surface area contributed by atoms with E-state index in [1.807, 2.05) is 25.9 Å². The lowest BCUT2D eigenvalue weighted by Gasteiger charge is -2.35. The highest BCUT2D eigenvalue weighted by molar-refractivity contribution is 5.76. The minimum atomic E-state index is -0.866. The maximum absolute atomic E-state index is 12.6. The van der Waals surface area contributed by atoms with Gasteiger partial charge in [-0.2, -0.15) is 0 Å². The highest BCUT2D eigenvalue weighted by Crippen LogP contribution is 2.21. The number of amides is 2. The van der Waals surface area contributed by atoms with E-state index in [-0.39, 0.29) is 24.5 Å². The number of hydrogen-bond donors (Lipinski definition) is 1. The fourth-order valence-corrected chi connectivity index (χ4v) is 2.86. The Bertz CT molecular complexity index is 347. The molecule has 1 heterocycles. The molecule has 1 aliphatic rings. The van der Waals surface area contributed by atoms with E-state index in [0.717, 1.165) is 25.9 Å². The number of likely N-dealkylation sites (tertiary alicyclic amines) is 1. The summed E-state index contributed by atoms with van der Waals surface area (Å²) in [6.45, 7) is 5.86. The molecule has 116 valence electrons. The van der Waals surface area contributed by atoms with Crippen LogP contribution in [0.25, 0.3) is 0 Å². The molecule has 1 N–H and O–H groups in total. The van der Waals surface area contributed by atoms with Gasteiger partial charge in [0, 0.05) is 31.7 Å². The standard InChI is InChI=1S/C14H27N3O3/c1-5-16(11(2)9-13(18)19)14(20)17-8-6-7-12(17)10-15(3)4/h11-12H,5-10H2,1-4H3,(H,18,19). The first-order valence-electron chi connectivity index (χ1n) is 7.30. The minimum Gasteiger partial charge on any atom is -0.481 e. The highest BCUT2D eigenvalue weighted by atomic mass is 16.4. The van der Waals surface area contributed by atoms with Crippen LogP contribution >= 0.6 is 0 Å². The van der Waals surface area contributed by atoms with Gasteiger partial charge in [0.25, 0.3) is 0 Å². The lowest BCUT2D eigenvalue weighted by molar-refractivity contribution is -0.138. The quantitative estimate of drug-likeness (QED) is 0.799. The average Bonchev–Trinajstić information content (AvgIpc) is 2.75. The van der Waals surface area contributed by atoms with Crippen LogP contribution in [0.1, 0.15) is 33.1 Å². The molecule has 0 aromatic heterocycles. The Morgan fingerprint density at radius 3 is 2.55 bits per heavy atom. The van der Waals surface area contributed by atoms with Gasteiger partial charge in [0.2, 0.25) is 0 Å². The third-order valence-corrected chi connectivity index (χ3v) is 3.79. The van der Waals surface area contributed by atoms with Crippen molar-refractivity contribution in [1.82, 2.24) is 14.7 Å². The number of aliphatic carboxylic acids is 1. The maximum Gasteiger partial charge on any atom is 0.320 e. The first kappa shape index (κ1) is 16.8. The van der Waals surface area contributed by atoms with Gasteiger partial charge in [-0.25, -0.2) is 4.79 Å². The zero-order chi connectivity index (χ0) is 15.3. The molecular formula is C14H27N3O3. The summed E-state index contributed by atoms with van der Waals surface area (Å²) in [7, 11) is 4.01. The summed E-state index contributed by atoms with van der Waals surface area (Å²) in [5, 5.41) is 8.89. The molecule has 1 rings (SSSR count). The monoisotopic (exact) mass is 285 g/mol. The van der Waals surface area contributed by atoms with E-state index in [4.69, 9.17) is 5.11 Å². The largest absolute Gasteiger partial charge is 0.481 e. The van der Waals surface area contributed by atoms with Crippen molar-refractivity contribution in [2.24, 2.45) is 0 Å². The van der Waals surface area contributed by atoms with Crippen molar-refractivity contribution in [3.8, 4) is 0 Å². The lowest BCUT2D eigenvalue weighted by atomic mass is 10.2. The second-order valence-corrected chi connectivity index (χ2v) is 5.77. The van der Waals surface area contributed by atoms with Gasteiger partial charge in [-0.05, 0) is 40.8 Å². The molecule has 1 saturated heterocycles. The Kier molecular flexibility index (Phi) is 6.26. The van der Waals surface area contributed by atoms with Gasteiger partial charge < -0.3 is 19.8 Å². The highest BCUT2D eigenvalue weighted by Gasteiger charge is 2.33. The Hall–Kier alpha value is -1.30. The third-order valence-electron chi connectivity index (χ3n) is 3.79. The zero-order valence-electron chi connectivity index (χ0n) is 13.0. The number of rotatable bonds is 6. The van der Waals surface area contributed by atoms with Crippen LogP contribution in [0, 0.1) is 0 Å². The molecule has 2 unspecified atom stereocenters. The normalized spacial score (nSPS) is 20.2. The van der Waals surface area contributed by atoms with Gasteiger partial charge in [-0.3, -0.25) is 4.79 Å². The van der Waals surface area contributed by atoms with Crippen molar-refractivity contribution in [2.75, 3.05) is 33.7 Å². The fraction of sp³-hybridized carbons (Fsp3) is 0.857. The number of nitrogens with zero attached hydrogens (tertiary/aromatic N) is 3. The fourth-order valence-electron chi connectivity index (χ4n) is 2.86. The number of carboxylic acid groups (broad SMARTS) is 1. The van der Waals surface area contributed by atoms with Crippen LogP contribution in [0.5, 0.6) is 0 Å². The summed E-state index contributed by atoms with van der Waals surface area (Å²) in [5.41, 5.74) is 0. The molecule has 2 atom stereocenters. The van der Waals surface area contributed by atoms with Crippen LogP contribution in [-0.2, 0) is 4.79 Å². The van der Waals surface area contributed by atoms with Crippen molar-refractivity contribution in [3.05, 3.63) is 0 Å². The number of likely N-dealkylation sites (N-methyl/N-ethyl adjacent to an activating group) is 1. The van der Waals surface area contributed by atoms with Crippen LogP contribution in [0.15, 0.2) is 0 Å². The summed E-state index contributed by atoms with van der Waals surface area (Å²) in [6, 6.07) is -0.0558. The summed E-state index contributed by atoms with van der Waals surface area (Å²) in [5.74, 6) is -0.866. The molecular weight excluding hydrogens is 258 g/mol. The molecule has 6 nitrogen and oxygen atoms in total. The van der Waals surface area contributed by atoms with Crippen molar-refractivity contribution in [1.29, 1.82) is 0 Å². The van der Waals surface area contributed by atoms with E-state index < -0.39 is 5.97 Å². The average molecular weight is 285 g/mol. The molecule has 1 aliphatic heterocycles. The summed E-state index contributed by atoms with van der Waals surface area (Å²) in [4.78, 5) is 29.1. The molecule has 0 aliphatic carbocycles. The summed E-state index contributed by atoms with van der Waals surface area (Å²) in [6.07, 6.45) is 2.04. The van der Waals surface area contributed by atoms with E-state index >= 15 is 0 Å². The van der Waals surface area contributed by atoms with Crippen LogP contribution in [0.4, 0.5) is 4.79 Å². The first-order chi connectivity index (χ1) is 9.36. The summed E-state index contributed by atoms with van der Waals surface area (Å²) >= 11 is 0. The summed E-state index contributed by atoms with van der Waals surface area (Å²) < 4.78 is 0. The second-order valence-electron chi connectivity index (χ2n) is 5.77. The molecule has 6 heteroatoms. The predicted octanol–water partition coefficient (Wildman–Crippen LogP) is 1.32. The van der Waals surface area contributed by atoms with Crippen LogP contribution in [0.2, 0.25) is 0 Å². The Morgan fingerprint density at radius 2 is 2.05 bits per heavy atom. The van der Waals surface area contributed by atoms with Gasteiger partial charge in [0.05, 0.1) is 6.42 Å².